The zero-order valence-corrected chi connectivity index (χ0v) is 24.2. The minimum atomic E-state index is -0.745. The van der Waals surface area contributed by atoms with E-state index in [9.17, 15) is 9.90 Å². The number of nitrogens with zero attached hydrogens (tertiary/aromatic N) is 4. The predicted molar refractivity (Wildman–Crippen MR) is 159 cm³/mol. The second-order valence-corrected chi connectivity index (χ2v) is 10.9. The van der Waals surface area contributed by atoms with Crippen molar-refractivity contribution >= 4 is 17.3 Å². The fraction of sp³-hybridized carbons (Fsp3) is 0.484. The first-order valence-electron chi connectivity index (χ1n) is 14.0. The molecule has 0 saturated carbocycles. The number of rotatable bonds is 9. The Kier molecular flexibility index (Phi) is 10.9. The Morgan fingerprint density at radius 3 is 2.49 bits per heavy atom. The van der Waals surface area contributed by atoms with E-state index in [2.05, 4.69) is 46.6 Å². The van der Waals surface area contributed by atoms with Crippen molar-refractivity contribution in [3.8, 4) is 0 Å². The first kappa shape index (κ1) is 30.2. The van der Waals surface area contributed by atoms with Crippen LogP contribution in [0, 0.1) is 25.7 Å². The van der Waals surface area contributed by atoms with Crippen LogP contribution >= 0.6 is 0 Å². The highest BCUT2D eigenvalue weighted by Crippen LogP contribution is 2.23. The zero-order chi connectivity index (χ0) is 28.5. The SMILES string of the molecule is CCC1CCN(Cc2nccn2Cc2cc(CC(C)C(=O)O)ccc2C)CC1.Cc1cccc(N(C)N)c1N. The molecular weight excluding hydrogens is 488 g/mol. The first-order chi connectivity index (χ1) is 18.6. The summed E-state index contributed by atoms with van der Waals surface area (Å²) in [6, 6.07) is 12.1. The van der Waals surface area contributed by atoms with Crippen LogP contribution in [-0.2, 0) is 24.3 Å². The minimum Gasteiger partial charge on any atom is -0.481 e. The number of imidazole rings is 1. The van der Waals surface area contributed by atoms with E-state index in [0.29, 0.717) is 6.42 Å². The number of para-hydroxylation sites is 1. The third kappa shape index (κ3) is 8.57. The molecule has 1 atom stereocenters. The molecule has 2 heterocycles. The molecule has 3 aromatic rings. The molecule has 212 valence electrons. The third-order valence-electron chi connectivity index (χ3n) is 7.85. The van der Waals surface area contributed by atoms with E-state index < -0.39 is 5.97 Å². The van der Waals surface area contributed by atoms with E-state index >= 15 is 0 Å². The zero-order valence-electron chi connectivity index (χ0n) is 24.2. The molecule has 0 bridgehead atoms. The monoisotopic (exact) mass is 534 g/mol. The van der Waals surface area contributed by atoms with Crippen LogP contribution in [0.4, 0.5) is 11.4 Å². The Morgan fingerprint density at radius 2 is 1.87 bits per heavy atom. The number of aryl methyl sites for hydroxylation is 2. The lowest BCUT2D eigenvalue weighted by atomic mass is 9.94. The topological polar surface area (TPSA) is 114 Å². The Morgan fingerprint density at radius 1 is 1.15 bits per heavy atom. The summed E-state index contributed by atoms with van der Waals surface area (Å²) in [5.41, 5.74) is 12.0. The lowest BCUT2D eigenvalue weighted by Gasteiger charge is -2.31. The predicted octanol–water partition coefficient (Wildman–Crippen LogP) is 5.01. The molecule has 0 radical (unpaired) electrons. The molecule has 4 rings (SSSR count). The van der Waals surface area contributed by atoms with Crippen LogP contribution in [0.25, 0.3) is 0 Å². The molecule has 0 aliphatic carbocycles. The molecule has 1 saturated heterocycles. The van der Waals surface area contributed by atoms with Crippen molar-refractivity contribution in [2.24, 2.45) is 17.7 Å². The van der Waals surface area contributed by atoms with Gasteiger partial charge in [-0.3, -0.25) is 9.69 Å². The smallest absolute Gasteiger partial charge is 0.306 e. The number of hydrogen-bond donors (Lipinski definition) is 3. The fourth-order valence-electron chi connectivity index (χ4n) is 5.01. The van der Waals surface area contributed by atoms with Gasteiger partial charge in [0.15, 0.2) is 0 Å². The number of anilines is 2. The van der Waals surface area contributed by atoms with Gasteiger partial charge >= 0.3 is 5.97 Å². The molecule has 5 N–H and O–H groups in total. The second-order valence-electron chi connectivity index (χ2n) is 10.9. The maximum Gasteiger partial charge on any atom is 0.306 e. The first-order valence-corrected chi connectivity index (χ1v) is 14.0. The minimum absolute atomic E-state index is 0.370. The lowest BCUT2D eigenvalue weighted by Crippen LogP contribution is -2.34. The molecule has 1 fully saturated rings. The van der Waals surface area contributed by atoms with Crippen molar-refractivity contribution in [1.82, 2.24) is 14.5 Å². The molecule has 1 unspecified atom stereocenters. The van der Waals surface area contributed by atoms with Crippen molar-refractivity contribution in [3.05, 3.63) is 76.9 Å². The number of benzene rings is 2. The largest absolute Gasteiger partial charge is 0.481 e. The van der Waals surface area contributed by atoms with Gasteiger partial charge in [0.2, 0.25) is 0 Å². The number of carboxylic acid groups (broad SMARTS) is 1. The van der Waals surface area contributed by atoms with Gasteiger partial charge in [-0.25, -0.2) is 10.8 Å². The van der Waals surface area contributed by atoms with Crippen LogP contribution in [0.2, 0.25) is 0 Å². The third-order valence-corrected chi connectivity index (χ3v) is 7.85. The van der Waals surface area contributed by atoms with E-state index in [1.807, 2.05) is 37.4 Å². The van der Waals surface area contributed by atoms with E-state index in [1.165, 1.54) is 35.4 Å². The van der Waals surface area contributed by atoms with Crippen LogP contribution in [0.15, 0.2) is 48.8 Å². The van der Waals surface area contributed by atoms with Crippen LogP contribution in [0.5, 0.6) is 0 Å². The molecular formula is C31H46N6O2. The maximum absolute atomic E-state index is 11.2. The van der Waals surface area contributed by atoms with Crippen LogP contribution in [0.1, 0.15) is 61.2 Å². The Hall–Kier alpha value is -3.36. The summed E-state index contributed by atoms with van der Waals surface area (Å²) in [6.45, 7) is 12.1. The number of aromatic nitrogens is 2. The quantitative estimate of drug-likeness (QED) is 0.201. The van der Waals surface area contributed by atoms with Gasteiger partial charge in [-0.15, -0.1) is 0 Å². The lowest BCUT2D eigenvalue weighted by molar-refractivity contribution is -0.141. The maximum atomic E-state index is 11.2. The standard InChI is InChI=1S/C23H33N3O2.C8H13N3/c1-4-19-7-10-25(11-8-19)16-22-24-9-12-26(22)15-21-14-20(6-5-17(21)2)13-18(3)23(27)28;1-6-4-3-5-7(8(6)9)11(2)10/h5-6,9,12,14,18-19H,4,7-8,10-11,13,15-16H2,1-3H3,(H,27,28);3-5H,9-10H2,1-2H3. The number of aliphatic carboxylic acids is 1. The van der Waals surface area contributed by atoms with Gasteiger partial charge < -0.3 is 20.4 Å². The van der Waals surface area contributed by atoms with Crippen molar-refractivity contribution in [2.45, 2.75) is 66.5 Å². The summed E-state index contributed by atoms with van der Waals surface area (Å²) >= 11 is 0. The number of carboxylic acids is 1. The molecule has 1 aliphatic rings. The summed E-state index contributed by atoms with van der Waals surface area (Å²) in [4.78, 5) is 18.3. The highest BCUT2D eigenvalue weighted by atomic mass is 16.4. The number of hydrogen-bond acceptors (Lipinski definition) is 6. The Balaban J connectivity index is 0.000000320. The average molecular weight is 535 g/mol. The van der Waals surface area contributed by atoms with Crippen molar-refractivity contribution in [2.75, 3.05) is 30.9 Å². The summed E-state index contributed by atoms with van der Waals surface area (Å²) < 4.78 is 2.23. The molecule has 1 aliphatic heterocycles. The summed E-state index contributed by atoms with van der Waals surface area (Å²) in [5.74, 6) is 6.42. The van der Waals surface area contributed by atoms with Gasteiger partial charge in [0.05, 0.1) is 23.8 Å². The van der Waals surface area contributed by atoms with Crippen molar-refractivity contribution < 1.29 is 9.90 Å². The number of nitrogens with two attached hydrogens (primary N) is 2. The van der Waals surface area contributed by atoms with Crippen molar-refractivity contribution in [3.63, 3.8) is 0 Å². The Bertz CT molecular complexity index is 1210. The van der Waals surface area contributed by atoms with Crippen LogP contribution < -0.4 is 16.6 Å². The highest BCUT2D eigenvalue weighted by molar-refractivity contribution is 5.70. The van der Waals surface area contributed by atoms with E-state index in [1.54, 1.807) is 14.0 Å². The van der Waals surface area contributed by atoms with E-state index in [0.717, 1.165) is 60.4 Å². The average Bonchev–Trinajstić information content (AvgIpc) is 3.34. The summed E-state index contributed by atoms with van der Waals surface area (Å²) in [7, 11) is 1.77. The van der Waals surface area contributed by atoms with E-state index in [-0.39, 0.29) is 5.92 Å². The highest BCUT2D eigenvalue weighted by Gasteiger charge is 2.19. The summed E-state index contributed by atoms with van der Waals surface area (Å²) in [6.07, 6.45) is 8.38. The van der Waals surface area contributed by atoms with Crippen LogP contribution in [0.3, 0.4) is 0 Å². The van der Waals surface area contributed by atoms with Gasteiger partial charge in [-0.1, -0.05) is 50.6 Å². The molecule has 0 spiro atoms. The molecule has 8 heteroatoms. The van der Waals surface area contributed by atoms with Gasteiger partial charge in [0.25, 0.3) is 0 Å². The normalized spacial score (nSPS) is 14.9. The number of likely N-dealkylation sites (tertiary alicyclic amines) is 1. The van der Waals surface area contributed by atoms with Gasteiger partial charge in [-0.05, 0) is 80.4 Å². The Labute approximate surface area is 233 Å². The summed E-state index contributed by atoms with van der Waals surface area (Å²) in [5, 5.41) is 10.7. The van der Waals surface area contributed by atoms with E-state index in [4.69, 9.17) is 11.6 Å². The molecule has 0 amide bonds. The molecule has 1 aromatic heterocycles. The second kappa shape index (κ2) is 14.1. The number of nitrogen functional groups attached to an aromatic ring is 1. The van der Waals surface area contributed by atoms with Crippen LogP contribution in [-0.4, -0.2) is 45.7 Å². The molecule has 8 nitrogen and oxygen atoms in total. The van der Waals surface area contributed by atoms with Gasteiger partial charge in [0, 0.05) is 26.0 Å². The number of hydrazine groups is 1. The molecule has 39 heavy (non-hydrogen) atoms. The van der Waals surface area contributed by atoms with Crippen molar-refractivity contribution in [1.29, 1.82) is 0 Å². The van der Waals surface area contributed by atoms with Gasteiger partial charge in [0.1, 0.15) is 5.82 Å². The number of carbonyl (C=O) groups is 1. The van der Waals surface area contributed by atoms with Gasteiger partial charge in [-0.2, -0.15) is 0 Å². The fourth-order valence-corrected chi connectivity index (χ4v) is 5.01. The number of piperidine rings is 1. The molecule has 2 aromatic carbocycles.